The first-order valence-corrected chi connectivity index (χ1v) is 12.7. The number of hydrogen-bond donors (Lipinski definition) is 4. The van der Waals surface area contributed by atoms with Crippen LogP contribution in [0.5, 0.6) is 0 Å². The molecule has 8 nitrogen and oxygen atoms in total. The van der Waals surface area contributed by atoms with Gasteiger partial charge in [0.1, 0.15) is 17.5 Å². The summed E-state index contributed by atoms with van der Waals surface area (Å²) in [7, 11) is 0. The molecular formula is C24H29N7OS. The first-order chi connectivity index (χ1) is 16.2. The van der Waals surface area contributed by atoms with Gasteiger partial charge in [-0.15, -0.1) is 11.8 Å². The number of thioether (sulfide) groups is 1. The molecule has 0 radical (unpaired) electrons. The van der Waals surface area contributed by atoms with Crippen molar-refractivity contribution in [2.75, 3.05) is 23.4 Å². The summed E-state index contributed by atoms with van der Waals surface area (Å²) in [6.45, 7) is 0.847. The summed E-state index contributed by atoms with van der Waals surface area (Å²) < 4.78 is 0. The van der Waals surface area contributed by atoms with E-state index in [0.717, 1.165) is 52.5 Å². The molecule has 3 aromatic rings. The lowest BCUT2D eigenvalue weighted by Gasteiger charge is -2.39. The molecule has 5 rings (SSSR count). The number of fused-ring (bicyclic) bond motifs is 3. The Bertz CT molecular complexity index is 1140. The number of nitriles is 1. The van der Waals surface area contributed by atoms with Gasteiger partial charge in [0, 0.05) is 53.6 Å². The fourth-order valence-electron chi connectivity index (χ4n) is 5.36. The van der Waals surface area contributed by atoms with Crippen molar-refractivity contribution in [1.29, 1.82) is 5.26 Å². The van der Waals surface area contributed by atoms with Gasteiger partial charge >= 0.3 is 0 Å². The van der Waals surface area contributed by atoms with E-state index in [1.54, 1.807) is 18.0 Å². The molecular weight excluding hydrogens is 434 g/mol. The van der Waals surface area contributed by atoms with E-state index in [2.05, 4.69) is 37.6 Å². The first kappa shape index (κ1) is 22.0. The molecule has 4 N–H and O–H groups in total. The Kier molecular flexibility index (Phi) is 6.40. The Morgan fingerprint density at radius 3 is 2.82 bits per heavy atom. The number of aliphatic hydroxyl groups is 1. The molecule has 2 saturated heterocycles. The minimum absolute atomic E-state index is 0.0350. The van der Waals surface area contributed by atoms with E-state index in [9.17, 15) is 5.11 Å². The van der Waals surface area contributed by atoms with Gasteiger partial charge in [-0.05, 0) is 50.1 Å². The van der Waals surface area contributed by atoms with Crippen LogP contribution in [-0.4, -0.2) is 55.9 Å². The third kappa shape index (κ3) is 4.51. The van der Waals surface area contributed by atoms with Crippen LogP contribution in [0.4, 0.5) is 17.5 Å². The molecule has 2 fully saturated rings. The third-order valence-electron chi connectivity index (χ3n) is 6.81. The van der Waals surface area contributed by atoms with Crippen molar-refractivity contribution in [1.82, 2.24) is 19.9 Å². The van der Waals surface area contributed by atoms with Crippen molar-refractivity contribution in [3.63, 3.8) is 0 Å². The van der Waals surface area contributed by atoms with E-state index < -0.39 is 0 Å². The highest BCUT2D eigenvalue weighted by molar-refractivity contribution is 7.98. The van der Waals surface area contributed by atoms with Crippen molar-refractivity contribution in [3.05, 3.63) is 36.2 Å². The predicted octanol–water partition coefficient (Wildman–Crippen LogP) is 4.24. The Morgan fingerprint density at radius 2 is 2.12 bits per heavy atom. The average Bonchev–Trinajstić information content (AvgIpc) is 3.33. The lowest BCUT2D eigenvalue weighted by Crippen LogP contribution is -2.47. The van der Waals surface area contributed by atoms with Gasteiger partial charge in [-0.3, -0.25) is 9.88 Å². The summed E-state index contributed by atoms with van der Waals surface area (Å²) in [6, 6.07) is 11.7. The molecule has 2 atom stereocenters. The summed E-state index contributed by atoms with van der Waals surface area (Å²) in [6.07, 6.45) is 8.95. The molecule has 2 unspecified atom stereocenters. The second kappa shape index (κ2) is 9.59. The summed E-state index contributed by atoms with van der Waals surface area (Å²) in [5, 5.41) is 26.7. The Morgan fingerprint density at radius 1 is 1.30 bits per heavy atom. The molecule has 172 valence electrons. The van der Waals surface area contributed by atoms with Gasteiger partial charge in [0.25, 0.3) is 0 Å². The minimum Gasteiger partial charge on any atom is -0.390 e. The van der Waals surface area contributed by atoms with Crippen molar-refractivity contribution in [3.8, 4) is 6.07 Å². The molecule has 0 aliphatic carbocycles. The van der Waals surface area contributed by atoms with Crippen molar-refractivity contribution in [2.24, 2.45) is 0 Å². The highest BCUT2D eigenvalue weighted by Gasteiger charge is 2.40. The number of aromatic amines is 1. The zero-order chi connectivity index (χ0) is 22.8. The molecule has 9 heteroatoms. The topological polar surface area (TPSA) is 113 Å². The van der Waals surface area contributed by atoms with Gasteiger partial charge in [0.15, 0.2) is 0 Å². The van der Waals surface area contributed by atoms with Gasteiger partial charge in [-0.2, -0.15) is 5.26 Å². The quantitative estimate of drug-likeness (QED) is 0.367. The number of aromatic nitrogens is 3. The third-order valence-corrected chi connectivity index (χ3v) is 7.61. The van der Waals surface area contributed by atoms with E-state index >= 15 is 0 Å². The Balaban J connectivity index is 1.38. The van der Waals surface area contributed by atoms with E-state index in [0.29, 0.717) is 30.4 Å². The van der Waals surface area contributed by atoms with Crippen LogP contribution in [-0.2, 0) is 6.61 Å². The number of H-pyrrole nitrogens is 1. The smallest absolute Gasteiger partial charge is 0.138 e. The lowest BCUT2D eigenvalue weighted by molar-refractivity contribution is 0.136. The van der Waals surface area contributed by atoms with E-state index in [4.69, 9.17) is 10.2 Å². The summed E-state index contributed by atoms with van der Waals surface area (Å²) in [4.78, 5) is 16.3. The molecule has 2 bridgehead atoms. The van der Waals surface area contributed by atoms with Crippen LogP contribution in [0.1, 0.15) is 37.8 Å². The number of piperidine rings is 1. The van der Waals surface area contributed by atoms with Crippen LogP contribution >= 0.6 is 11.8 Å². The van der Waals surface area contributed by atoms with Crippen LogP contribution < -0.4 is 10.6 Å². The molecule has 0 spiro atoms. The molecule has 3 aromatic heterocycles. The fourth-order valence-corrected chi connectivity index (χ4v) is 5.96. The summed E-state index contributed by atoms with van der Waals surface area (Å²) in [5.41, 5.74) is 1.67. The van der Waals surface area contributed by atoms with Crippen LogP contribution in [0.2, 0.25) is 0 Å². The standard InChI is InChI=1S/C24H29N7OS/c1-33-21-13-23(28-20(21)14-32)29-22-12-19-18(4-2-8-26-19)24(30-22)27-15-10-16-5-6-17(11-15)31(16)9-3-7-25/h2,4,8,12-13,15-17,28,32H,3,5-6,9-11,14H2,1H3,(H2,27,29,30). The molecule has 2 aliphatic rings. The normalized spacial score (nSPS) is 22.4. The fraction of sp³-hybridized carbons (Fsp3) is 0.458. The maximum atomic E-state index is 9.58. The van der Waals surface area contributed by atoms with Crippen LogP contribution in [0, 0.1) is 11.3 Å². The number of pyridine rings is 2. The summed E-state index contributed by atoms with van der Waals surface area (Å²) in [5.74, 6) is 2.34. The zero-order valence-corrected chi connectivity index (χ0v) is 19.5. The first-order valence-electron chi connectivity index (χ1n) is 11.5. The van der Waals surface area contributed by atoms with Crippen LogP contribution in [0.3, 0.4) is 0 Å². The molecule has 0 saturated carbocycles. The number of rotatable bonds is 8. The summed E-state index contributed by atoms with van der Waals surface area (Å²) >= 11 is 1.59. The van der Waals surface area contributed by atoms with Gasteiger partial charge in [0.05, 0.1) is 23.9 Å². The average molecular weight is 464 g/mol. The monoisotopic (exact) mass is 463 g/mol. The highest BCUT2D eigenvalue weighted by Crippen LogP contribution is 2.37. The van der Waals surface area contributed by atoms with Gasteiger partial charge < -0.3 is 20.7 Å². The number of nitrogens with one attached hydrogen (secondary N) is 3. The van der Waals surface area contributed by atoms with Crippen molar-refractivity contribution in [2.45, 2.75) is 61.7 Å². The second-order valence-electron chi connectivity index (χ2n) is 8.78. The molecule has 33 heavy (non-hydrogen) atoms. The van der Waals surface area contributed by atoms with Crippen molar-refractivity contribution >= 4 is 40.1 Å². The molecule has 0 amide bonds. The number of nitrogens with zero attached hydrogens (tertiary/aromatic N) is 4. The molecule has 2 aliphatic heterocycles. The van der Waals surface area contributed by atoms with E-state index in [-0.39, 0.29) is 6.61 Å². The highest BCUT2D eigenvalue weighted by atomic mass is 32.2. The Labute approximate surface area is 197 Å². The number of hydrogen-bond acceptors (Lipinski definition) is 8. The predicted molar refractivity (Wildman–Crippen MR) is 132 cm³/mol. The van der Waals surface area contributed by atoms with Crippen LogP contribution in [0.15, 0.2) is 35.4 Å². The number of aliphatic hydroxyl groups excluding tert-OH is 1. The minimum atomic E-state index is -0.0350. The second-order valence-corrected chi connectivity index (χ2v) is 9.63. The maximum absolute atomic E-state index is 9.58. The van der Waals surface area contributed by atoms with Crippen LogP contribution in [0.25, 0.3) is 10.9 Å². The van der Waals surface area contributed by atoms with Gasteiger partial charge in [0.2, 0.25) is 0 Å². The zero-order valence-electron chi connectivity index (χ0n) is 18.7. The van der Waals surface area contributed by atoms with E-state index in [1.807, 2.05) is 24.5 Å². The number of anilines is 3. The van der Waals surface area contributed by atoms with Gasteiger partial charge in [-0.25, -0.2) is 4.98 Å². The Hall–Kier alpha value is -2.80. The van der Waals surface area contributed by atoms with E-state index in [1.165, 1.54) is 12.8 Å². The molecule has 0 aromatic carbocycles. The molecule has 5 heterocycles. The van der Waals surface area contributed by atoms with Crippen molar-refractivity contribution < 1.29 is 5.11 Å². The maximum Gasteiger partial charge on any atom is 0.138 e. The van der Waals surface area contributed by atoms with Gasteiger partial charge in [-0.1, -0.05) is 0 Å². The largest absolute Gasteiger partial charge is 0.390 e. The lowest BCUT2D eigenvalue weighted by atomic mass is 9.97. The SMILES string of the molecule is CSc1cc(Nc2cc3ncccc3c(NC3CC4CCC(C3)N4CCC#N)n2)[nH]c1CO.